The van der Waals surface area contributed by atoms with Crippen LogP contribution in [0.25, 0.3) is 0 Å². The Morgan fingerprint density at radius 1 is 1.03 bits per heavy atom. The minimum absolute atomic E-state index is 0.0272. The summed E-state index contributed by atoms with van der Waals surface area (Å²) in [6.07, 6.45) is 1.50. The van der Waals surface area contributed by atoms with Crippen LogP contribution in [0.15, 0.2) is 54.6 Å². The number of para-hydroxylation sites is 1. The molecule has 0 aliphatic rings. The summed E-state index contributed by atoms with van der Waals surface area (Å²) in [5.41, 5.74) is 2.17. The van der Waals surface area contributed by atoms with Gasteiger partial charge in [-0.15, -0.1) is 0 Å². The van der Waals surface area contributed by atoms with E-state index in [2.05, 4.69) is 5.32 Å². The van der Waals surface area contributed by atoms with Crippen LogP contribution in [0.4, 0.5) is 0 Å². The van der Waals surface area contributed by atoms with Gasteiger partial charge in [0.05, 0.1) is 6.61 Å². The van der Waals surface area contributed by atoms with Gasteiger partial charge in [-0.3, -0.25) is 9.59 Å². The number of nitrogens with one attached hydrogen (secondary N) is 1. The summed E-state index contributed by atoms with van der Waals surface area (Å²) < 4.78 is 5.71. The second-order valence-electron chi connectivity index (χ2n) is 7.80. The number of carbonyl (C=O) groups excluding carboxylic acids is 2. The summed E-state index contributed by atoms with van der Waals surface area (Å²) >= 11 is 0. The topological polar surface area (TPSA) is 58.6 Å². The molecule has 2 rings (SSSR count). The largest absolute Gasteiger partial charge is 0.494 e. The molecular weight excluding hydrogens is 376 g/mol. The van der Waals surface area contributed by atoms with Crippen molar-refractivity contribution in [2.75, 3.05) is 6.61 Å². The summed E-state index contributed by atoms with van der Waals surface area (Å²) in [5, 5.41) is 2.96. The number of nitrogens with zero attached hydrogens (tertiary/aromatic N) is 1. The van der Waals surface area contributed by atoms with Gasteiger partial charge in [-0.2, -0.15) is 0 Å². The van der Waals surface area contributed by atoms with Crippen molar-refractivity contribution in [3.05, 3.63) is 65.7 Å². The highest BCUT2D eigenvalue weighted by molar-refractivity contribution is 5.87. The van der Waals surface area contributed by atoms with E-state index in [4.69, 9.17) is 4.74 Å². The molecule has 0 fully saturated rings. The van der Waals surface area contributed by atoms with Gasteiger partial charge in [-0.25, -0.2) is 0 Å². The van der Waals surface area contributed by atoms with Gasteiger partial charge in [0.15, 0.2) is 0 Å². The predicted octanol–water partition coefficient (Wildman–Crippen LogP) is 4.49. The maximum Gasteiger partial charge on any atom is 0.243 e. The average molecular weight is 411 g/mol. The van der Waals surface area contributed by atoms with Gasteiger partial charge in [-0.05, 0) is 56.9 Å². The third kappa shape index (κ3) is 7.21. The summed E-state index contributed by atoms with van der Waals surface area (Å²) in [5.74, 6) is 0.667. The van der Waals surface area contributed by atoms with Crippen molar-refractivity contribution < 1.29 is 14.3 Å². The highest BCUT2D eigenvalue weighted by atomic mass is 16.5. The third-order valence-corrected chi connectivity index (χ3v) is 4.97. The lowest BCUT2D eigenvalue weighted by Crippen LogP contribution is -2.50. The van der Waals surface area contributed by atoms with Crippen molar-refractivity contribution in [3.63, 3.8) is 0 Å². The lowest BCUT2D eigenvalue weighted by Gasteiger charge is -2.31. The Morgan fingerprint density at radius 2 is 1.70 bits per heavy atom. The van der Waals surface area contributed by atoms with Gasteiger partial charge >= 0.3 is 0 Å². The fourth-order valence-electron chi connectivity index (χ4n) is 3.34. The van der Waals surface area contributed by atoms with E-state index in [0.29, 0.717) is 32.4 Å². The van der Waals surface area contributed by atoms with Gasteiger partial charge < -0.3 is 15.0 Å². The molecule has 2 amide bonds. The van der Waals surface area contributed by atoms with Crippen LogP contribution in [0, 0.1) is 6.92 Å². The van der Waals surface area contributed by atoms with Crippen LogP contribution in [0.1, 0.15) is 51.2 Å². The Labute approximate surface area is 180 Å². The first-order valence-electron chi connectivity index (χ1n) is 10.7. The molecule has 1 N–H and O–H groups in total. The van der Waals surface area contributed by atoms with Crippen LogP contribution < -0.4 is 10.1 Å². The minimum Gasteiger partial charge on any atom is -0.494 e. The minimum atomic E-state index is -0.491. The van der Waals surface area contributed by atoms with Crippen LogP contribution in [-0.4, -0.2) is 35.4 Å². The molecule has 0 aliphatic heterocycles. The van der Waals surface area contributed by atoms with E-state index in [1.54, 1.807) is 4.90 Å². The van der Waals surface area contributed by atoms with E-state index in [9.17, 15) is 9.59 Å². The molecule has 2 aromatic rings. The van der Waals surface area contributed by atoms with Gasteiger partial charge in [0.2, 0.25) is 11.8 Å². The first-order chi connectivity index (χ1) is 14.4. The molecule has 30 heavy (non-hydrogen) atoms. The molecular formula is C25H34N2O3. The Kier molecular flexibility index (Phi) is 9.39. The maximum atomic E-state index is 13.2. The van der Waals surface area contributed by atoms with Gasteiger partial charge in [-0.1, -0.05) is 49.4 Å². The molecule has 0 bridgehead atoms. The zero-order chi connectivity index (χ0) is 21.9. The Balaban J connectivity index is 2.07. The number of hydrogen-bond acceptors (Lipinski definition) is 3. The first-order valence-corrected chi connectivity index (χ1v) is 10.7. The SMILES string of the molecule is CCC(C(=O)NC(C)C)N(Cc1ccccc1C)C(=O)CCCOc1ccccc1. The molecule has 0 spiro atoms. The molecule has 1 atom stereocenters. The van der Waals surface area contributed by atoms with Crippen LogP contribution >= 0.6 is 0 Å². The van der Waals surface area contributed by atoms with Gasteiger partial charge in [0, 0.05) is 19.0 Å². The van der Waals surface area contributed by atoms with Crippen molar-refractivity contribution in [2.24, 2.45) is 0 Å². The predicted molar refractivity (Wildman–Crippen MR) is 120 cm³/mol. The monoisotopic (exact) mass is 410 g/mol. The molecule has 5 heteroatoms. The maximum absolute atomic E-state index is 13.2. The summed E-state index contributed by atoms with van der Waals surface area (Å²) in [4.78, 5) is 27.7. The van der Waals surface area contributed by atoms with E-state index >= 15 is 0 Å². The second kappa shape index (κ2) is 12.0. The van der Waals surface area contributed by atoms with E-state index < -0.39 is 6.04 Å². The lowest BCUT2D eigenvalue weighted by molar-refractivity contribution is -0.141. The molecule has 5 nitrogen and oxygen atoms in total. The molecule has 0 radical (unpaired) electrons. The second-order valence-corrected chi connectivity index (χ2v) is 7.80. The molecule has 2 aromatic carbocycles. The van der Waals surface area contributed by atoms with Crippen molar-refractivity contribution >= 4 is 11.8 Å². The highest BCUT2D eigenvalue weighted by Gasteiger charge is 2.28. The lowest BCUT2D eigenvalue weighted by atomic mass is 10.0. The van der Waals surface area contributed by atoms with Crippen LogP contribution in [0.5, 0.6) is 5.75 Å². The number of rotatable bonds is 11. The molecule has 162 valence electrons. The molecule has 0 heterocycles. The number of aryl methyl sites for hydroxylation is 1. The Bertz CT molecular complexity index is 805. The number of ether oxygens (including phenoxy) is 1. The molecule has 0 aromatic heterocycles. The quantitative estimate of drug-likeness (QED) is 0.556. The van der Waals surface area contributed by atoms with Gasteiger partial charge in [0.25, 0.3) is 0 Å². The number of hydrogen-bond donors (Lipinski definition) is 1. The number of benzene rings is 2. The van der Waals surface area contributed by atoms with Crippen molar-refractivity contribution in [3.8, 4) is 5.75 Å². The van der Waals surface area contributed by atoms with Gasteiger partial charge in [0.1, 0.15) is 11.8 Å². The highest BCUT2D eigenvalue weighted by Crippen LogP contribution is 2.17. The fraction of sp³-hybridized carbons (Fsp3) is 0.440. The fourth-order valence-corrected chi connectivity index (χ4v) is 3.34. The smallest absolute Gasteiger partial charge is 0.243 e. The zero-order valence-electron chi connectivity index (χ0n) is 18.6. The standard InChI is InChI=1S/C25H34N2O3/c1-5-23(25(29)26-19(2)3)27(18-21-13-10-9-12-20(21)4)24(28)16-11-17-30-22-14-7-6-8-15-22/h6-10,12-15,19,23H,5,11,16-18H2,1-4H3,(H,26,29). The molecule has 0 saturated carbocycles. The summed E-state index contributed by atoms with van der Waals surface area (Å²) in [7, 11) is 0. The van der Waals surface area contributed by atoms with Crippen LogP contribution in [-0.2, 0) is 16.1 Å². The van der Waals surface area contributed by atoms with Crippen molar-refractivity contribution in [2.45, 2.75) is 65.6 Å². The Morgan fingerprint density at radius 3 is 2.33 bits per heavy atom. The van der Waals surface area contributed by atoms with Crippen LogP contribution in [0.3, 0.4) is 0 Å². The third-order valence-electron chi connectivity index (χ3n) is 4.97. The van der Waals surface area contributed by atoms with E-state index in [-0.39, 0.29) is 17.9 Å². The molecule has 0 saturated heterocycles. The molecule has 0 aliphatic carbocycles. The number of amides is 2. The first kappa shape index (κ1) is 23.5. The summed E-state index contributed by atoms with van der Waals surface area (Å²) in [6, 6.07) is 17.1. The zero-order valence-corrected chi connectivity index (χ0v) is 18.6. The summed E-state index contributed by atoms with van der Waals surface area (Å²) in [6.45, 7) is 8.72. The van der Waals surface area contributed by atoms with Crippen molar-refractivity contribution in [1.29, 1.82) is 0 Å². The normalized spacial score (nSPS) is 11.8. The van der Waals surface area contributed by atoms with E-state index in [1.165, 1.54) is 0 Å². The Hall–Kier alpha value is -2.82. The van der Waals surface area contributed by atoms with E-state index in [0.717, 1.165) is 16.9 Å². The molecule has 1 unspecified atom stereocenters. The van der Waals surface area contributed by atoms with Crippen molar-refractivity contribution in [1.82, 2.24) is 10.2 Å². The average Bonchev–Trinajstić information content (AvgIpc) is 2.72. The number of carbonyl (C=O) groups is 2. The van der Waals surface area contributed by atoms with Crippen LogP contribution in [0.2, 0.25) is 0 Å². The van der Waals surface area contributed by atoms with E-state index in [1.807, 2.05) is 82.3 Å².